The fourth-order valence-electron chi connectivity index (χ4n) is 2.69. The fourth-order valence-corrected chi connectivity index (χ4v) is 2.69. The number of urea groups is 1. The number of H-pyrrole nitrogens is 1. The van der Waals surface area contributed by atoms with Gasteiger partial charge in [-0.05, 0) is 44.5 Å². The van der Waals surface area contributed by atoms with E-state index in [2.05, 4.69) is 20.8 Å². The van der Waals surface area contributed by atoms with Crippen molar-refractivity contribution in [3.05, 3.63) is 45.6 Å². The largest absolute Gasteiger partial charge is 0.343 e. The summed E-state index contributed by atoms with van der Waals surface area (Å²) in [5.74, 6) is 0.541. The van der Waals surface area contributed by atoms with Crippen molar-refractivity contribution in [2.75, 3.05) is 25.0 Å². The number of amides is 3. The second-order valence-electron chi connectivity index (χ2n) is 6.14. The topological polar surface area (TPSA) is 112 Å². The van der Waals surface area contributed by atoms with Crippen LogP contribution in [-0.2, 0) is 13.5 Å². The number of carbonyl (C=O) groups excluding carboxylic acids is 2. The Balaban J connectivity index is 1.92. The number of hydrogen-bond acceptors (Lipinski definition) is 4. The summed E-state index contributed by atoms with van der Waals surface area (Å²) < 4.78 is 1.40. The number of benzene rings is 1. The van der Waals surface area contributed by atoms with Gasteiger partial charge in [0.25, 0.3) is 5.91 Å². The summed E-state index contributed by atoms with van der Waals surface area (Å²) in [7, 11) is 1.62. The Hall–Kier alpha value is -3.10. The Kier molecular flexibility index (Phi) is 6.75. The molecule has 0 atom stereocenters. The molecule has 9 heteroatoms. The Morgan fingerprint density at radius 2 is 1.96 bits per heavy atom. The second-order valence-corrected chi connectivity index (χ2v) is 6.14. The number of anilines is 1. The molecule has 0 bridgehead atoms. The monoisotopic (exact) mass is 374 g/mol. The van der Waals surface area contributed by atoms with Gasteiger partial charge >= 0.3 is 11.7 Å². The van der Waals surface area contributed by atoms with Gasteiger partial charge in [-0.1, -0.05) is 0 Å². The van der Waals surface area contributed by atoms with Crippen LogP contribution in [0.1, 0.15) is 35.6 Å². The lowest BCUT2D eigenvalue weighted by Crippen LogP contribution is -2.32. The third kappa shape index (κ3) is 4.96. The summed E-state index contributed by atoms with van der Waals surface area (Å²) in [6.45, 7) is 7.36. The van der Waals surface area contributed by atoms with Gasteiger partial charge in [0.15, 0.2) is 0 Å². The van der Waals surface area contributed by atoms with E-state index in [1.807, 2.05) is 20.8 Å². The standard InChI is InChI=1S/C18H26N6O3/c1-5-24(6-2)16(25)13-7-8-14(12(3)11-13)20-17(26)19-10-9-15-21-22-18(27)23(15)4/h7-8,11H,5-6,9-10H2,1-4H3,(H,22,27)(H2,19,20,26). The quantitative estimate of drug-likeness (QED) is 0.677. The van der Waals surface area contributed by atoms with Gasteiger partial charge < -0.3 is 15.5 Å². The van der Waals surface area contributed by atoms with Crippen molar-refractivity contribution in [2.45, 2.75) is 27.2 Å². The Bertz CT molecular complexity index is 866. The number of hydrogen-bond donors (Lipinski definition) is 3. The molecule has 1 heterocycles. The first-order valence-electron chi connectivity index (χ1n) is 8.92. The third-order valence-electron chi connectivity index (χ3n) is 4.38. The predicted molar refractivity (Wildman–Crippen MR) is 103 cm³/mol. The zero-order valence-corrected chi connectivity index (χ0v) is 16.1. The van der Waals surface area contributed by atoms with E-state index in [1.165, 1.54) is 4.57 Å². The van der Waals surface area contributed by atoms with Gasteiger partial charge in [-0.15, -0.1) is 0 Å². The van der Waals surface area contributed by atoms with Crippen LogP contribution in [0, 0.1) is 6.92 Å². The molecule has 3 amide bonds. The highest BCUT2D eigenvalue weighted by Gasteiger charge is 2.14. The van der Waals surface area contributed by atoms with Gasteiger partial charge in [0.1, 0.15) is 5.82 Å². The molecule has 3 N–H and O–H groups in total. The highest BCUT2D eigenvalue weighted by molar-refractivity contribution is 5.96. The summed E-state index contributed by atoms with van der Waals surface area (Å²) in [5, 5.41) is 11.7. The normalized spacial score (nSPS) is 10.5. The molecule has 0 spiro atoms. The number of nitrogens with one attached hydrogen (secondary N) is 3. The maximum Gasteiger partial charge on any atom is 0.343 e. The van der Waals surface area contributed by atoms with Gasteiger partial charge in [0.05, 0.1) is 0 Å². The van der Waals surface area contributed by atoms with Crippen LogP contribution in [0.25, 0.3) is 0 Å². The number of aromatic nitrogens is 3. The molecule has 0 saturated heterocycles. The summed E-state index contributed by atoms with van der Waals surface area (Å²) in [6, 6.07) is 4.85. The maximum atomic E-state index is 12.4. The van der Waals surface area contributed by atoms with Gasteiger partial charge in [0.2, 0.25) is 0 Å². The van der Waals surface area contributed by atoms with Crippen LogP contribution in [0.3, 0.4) is 0 Å². The van der Waals surface area contributed by atoms with Crippen LogP contribution in [0.2, 0.25) is 0 Å². The van der Waals surface area contributed by atoms with E-state index in [-0.39, 0.29) is 17.6 Å². The first kappa shape index (κ1) is 20.2. The molecule has 0 aliphatic heterocycles. The molecule has 0 radical (unpaired) electrons. The van der Waals surface area contributed by atoms with E-state index in [0.29, 0.717) is 43.1 Å². The van der Waals surface area contributed by atoms with Crippen LogP contribution >= 0.6 is 0 Å². The second kappa shape index (κ2) is 9.02. The van der Waals surface area contributed by atoms with Crippen molar-refractivity contribution in [3.63, 3.8) is 0 Å². The van der Waals surface area contributed by atoms with E-state index < -0.39 is 0 Å². The van der Waals surface area contributed by atoms with E-state index >= 15 is 0 Å². The van der Waals surface area contributed by atoms with Gasteiger partial charge in [0, 0.05) is 44.4 Å². The van der Waals surface area contributed by atoms with Crippen LogP contribution in [0.15, 0.2) is 23.0 Å². The highest BCUT2D eigenvalue weighted by atomic mass is 16.2. The predicted octanol–water partition coefficient (Wildman–Crippen LogP) is 1.26. The number of aryl methyl sites for hydroxylation is 1. The minimum Gasteiger partial charge on any atom is -0.339 e. The Morgan fingerprint density at radius 3 is 2.52 bits per heavy atom. The lowest BCUT2D eigenvalue weighted by atomic mass is 10.1. The molecule has 0 aliphatic rings. The van der Waals surface area contributed by atoms with Crippen molar-refractivity contribution >= 4 is 17.6 Å². The van der Waals surface area contributed by atoms with Crippen molar-refractivity contribution < 1.29 is 9.59 Å². The molecule has 0 fully saturated rings. The number of carbonyl (C=O) groups is 2. The zero-order chi connectivity index (χ0) is 20.0. The average molecular weight is 374 g/mol. The maximum absolute atomic E-state index is 12.4. The minimum atomic E-state index is -0.360. The molecule has 2 aromatic rings. The number of aromatic amines is 1. The highest BCUT2D eigenvalue weighted by Crippen LogP contribution is 2.17. The van der Waals surface area contributed by atoms with E-state index in [4.69, 9.17) is 0 Å². The van der Waals surface area contributed by atoms with Crippen molar-refractivity contribution in [3.8, 4) is 0 Å². The lowest BCUT2D eigenvalue weighted by molar-refractivity contribution is 0.0773. The lowest BCUT2D eigenvalue weighted by Gasteiger charge is -2.19. The summed E-state index contributed by atoms with van der Waals surface area (Å²) in [4.78, 5) is 37.5. The molecule has 0 unspecified atom stereocenters. The van der Waals surface area contributed by atoms with Crippen molar-refractivity contribution in [1.82, 2.24) is 25.0 Å². The van der Waals surface area contributed by atoms with E-state index in [1.54, 1.807) is 30.1 Å². The third-order valence-corrected chi connectivity index (χ3v) is 4.38. The van der Waals surface area contributed by atoms with E-state index in [0.717, 1.165) is 5.56 Å². The minimum absolute atomic E-state index is 0.0243. The Morgan fingerprint density at radius 1 is 1.26 bits per heavy atom. The van der Waals surface area contributed by atoms with E-state index in [9.17, 15) is 14.4 Å². The molecular weight excluding hydrogens is 348 g/mol. The van der Waals surface area contributed by atoms with Crippen LogP contribution < -0.4 is 16.3 Å². The molecular formula is C18H26N6O3. The molecule has 27 heavy (non-hydrogen) atoms. The van der Waals surface area contributed by atoms with Crippen LogP contribution in [-0.4, -0.2) is 51.2 Å². The first-order chi connectivity index (χ1) is 12.9. The van der Waals surface area contributed by atoms with Crippen LogP contribution in [0.4, 0.5) is 10.5 Å². The van der Waals surface area contributed by atoms with Gasteiger partial charge in [-0.3, -0.25) is 9.36 Å². The molecule has 0 saturated carbocycles. The van der Waals surface area contributed by atoms with Gasteiger partial charge in [-0.25, -0.2) is 14.7 Å². The molecule has 1 aromatic heterocycles. The summed E-state index contributed by atoms with van der Waals surface area (Å²) >= 11 is 0. The van der Waals surface area contributed by atoms with Crippen LogP contribution in [0.5, 0.6) is 0 Å². The number of rotatable bonds is 7. The average Bonchev–Trinajstić information content (AvgIpc) is 2.96. The SMILES string of the molecule is CCN(CC)C(=O)c1ccc(NC(=O)NCCc2n[nH]c(=O)n2C)c(C)c1. The first-order valence-corrected chi connectivity index (χ1v) is 8.92. The molecule has 0 aliphatic carbocycles. The van der Waals surface area contributed by atoms with Gasteiger partial charge in [-0.2, -0.15) is 5.10 Å². The molecule has 2 rings (SSSR count). The smallest absolute Gasteiger partial charge is 0.339 e. The zero-order valence-electron chi connectivity index (χ0n) is 16.1. The molecule has 146 valence electrons. The molecule has 1 aromatic carbocycles. The fraction of sp³-hybridized carbons (Fsp3) is 0.444. The van der Waals surface area contributed by atoms with Crippen molar-refractivity contribution in [1.29, 1.82) is 0 Å². The molecule has 9 nitrogen and oxygen atoms in total. The summed E-state index contributed by atoms with van der Waals surface area (Å²) in [5.41, 5.74) is 1.75. The van der Waals surface area contributed by atoms with Crippen molar-refractivity contribution in [2.24, 2.45) is 7.05 Å². The Labute approximate surface area is 157 Å². The number of nitrogens with zero attached hydrogens (tertiary/aromatic N) is 3. The summed E-state index contributed by atoms with van der Waals surface area (Å²) in [6.07, 6.45) is 0.430.